The summed E-state index contributed by atoms with van der Waals surface area (Å²) in [5.74, 6) is 1.28. The lowest BCUT2D eigenvalue weighted by Crippen LogP contribution is -2.47. The van der Waals surface area contributed by atoms with Gasteiger partial charge in [-0.25, -0.2) is 0 Å². The van der Waals surface area contributed by atoms with Crippen LogP contribution in [-0.4, -0.2) is 41.3 Å². The van der Waals surface area contributed by atoms with Crippen LogP contribution in [0.2, 0.25) is 5.02 Å². The summed E-state index contributed by atoms with van der Waals surface area (Å²) in [6.07, 6.45) is 0. The Hall–Kier alpha value is -1.89. The molecule has 0 unspecified atom stereocenters. The Morgan fingerprint density at radius 1 is 1.08 bits per heavy atom. The van der Waals surface area contributed by atoms with E-state index in [-0.39, 0.29) is 6.04 Å². The molecule has 0 amide bonds. The zero-order valence-corrected chi connectivity index (χ0v) is 15.5. The summed E-state index contributed by atoms with van der Waals surface area (Å²) in [5.41, 5.74) is 1.11. The molecule has 0 radical (unpaired) electrons. The van der Waals surface area contributed by atoms with Crippen molar-refractivity contribution in [2.75, 3.05) is 31.1 Å². The van der Waals surface area contributed by atoms with E-state index in [2.05, 4.69) is 33.0 Å². The number of rotatable bonds is 4. The Labute approximate surface area is 155 Å². The highest BCUT2D eigenvalue weighted by Crippen LogP contribution is 2.29. The molecule has 0 aliphatic carbocycles. The number of halogens is 1. The van der Waals surface area contributed by atoms with Crippen LogP contribution in [-0.2, 0) is 0 Å². The molecule has 3 heterocycles. The largest absolute Gasteiger partial charge is 0.418 e. The minimum atomic E-state index is 0.106. The summed E-state index contributed by atoms with van der Waals surface area (Å²) in [6, 6.07) is 12.1. The number of thiophene rings is 1. The molecule has 25 heavy (non-hydrogen) atoms. The quantitative estimate of drug-likeness (QED) is 0.680. The van der Waals surface area contributed by atoms with Gasteiger partial charge in [0.15, 0.2) is 0 Å². The second-order valence-corrected chi connectivity index (χ2v) is 7.43. The molecule has 5 nitrogen and oxygen atoms in total. The normalized spacial score (nSPS) is 17.0. The highest BCUT2D eigenvalue weighted by atomic mass is 35.5. The van der Waals surface area contributed by atoms with Gasteiger partial charge in [0.05, 0.1) is 21.6 Å². The molecule has 0 saturated carbocycles. The number of aromatic nitrogens is 2. The first-order valence-electron chi connectivity index (χ1n) is 8.33. The fourth-order valence-corrected chi connectivity index (χ4v) is 4.02. The van der Waals surface area contributed by atoms with E-state index in [9.17, 15) is 0 Å². The van der Waals surface area contributed by atoms with E-state index in [1.54, 1.807) is 11.3 Å². The Morgan fingerprint density at radius 2 is 1.88 bits per heavy atom. The topological polar surface area (TPSA) is 45.4 Å². The lowest BCUT2D eigenvalue weighted by atomic mass is 10.2. The van der Waals surface area contributed by atoms with Crippen molar-refractivity contribution >= 4 is 28.6 Å². The third-order valence-corrected chi connectivity index (χ3v) is 5.76. The molecule has 0 N–H and O–H groups in total. The van der Waals surface area contributed by atoms with E-state index in [1.165, 1.54) is 0 Å². The van der Waals surface area contributed by atoms with E-state index in [0.717, 1.165) is 41.8 Å². The van der Waals surface area contributed by atoms with Crippen molar-refractivity contribution in [2.24, 2.45) is 0 Å². The first-order valence-corrected chi connectivity index (χ1v) is 9.59. The number of para-hydroxylation sites is 1. The molecular weight excluding hydrogens is 356 g/mol. The summed E-state index contributed by atoms with van der Waals surface area (Å²) in [7, 11) is 0. The molecule has 1 aromatic carbocycles. The van der Waals surface area contributed by atoms with Crippen LogP contribution in [0.4, 0.5) is 5.69 Å². The lowest BCUT2D eigenvalue weighted by molar-refractivity contribution is 0.174. The molecule has 0 bridgehead atoms. The predicted octanol–water partition coefficient (Wildman–Crippen LogP) is 4.33. The van der Waals surface area contributed by atoms with Gasteiger partial charge in [-0.05, 0) is 30.5 Å². The maximum atomic E-state index is 6.32. The highest BCUT2D eigenvalue weighted by molar-refractivity contribution is 7.13. The molecule has 0 spiro atoms. The van der Waals surface area contributed by atoms with Crippen LogP contribution >= 0.6 is 22.9 Å². The molecule has 7 heteroatoms. The smallest absolute Gasteiger partial charge is 0.257 e. The van der Waals surface area contributed by atoms with Gasteiger partial charge in [0.2, 0.25) is 5.89 Å². The Bertz CT molecular complexity index is 827. The summed E-state index contributed by atoms with van der Waals surface area (Å²) in [4.78, 5) is 5.71. The molecule has 3 aromatic rings. The Balaban J connectivity index is 1.41. The summed E-state index contributed by atoms with van der Waals surface area (Å²) in [5, 5.41) is 11.3. The van der Waals surface area contributed by atoms with Crippen molar-refractivity contribution in [3.63, 3.8) is 0 Å². The van der Waals surface area contributed by atoms with Crippen LogP contribution in [0.15, 0.2) is 46.2 Å². The number of hydrogen-bond donors (Lipinski definition) is 0. The summed E-state index contributed by atoms with van der Waals surface area (Å²) < 4.78 is 5.89. The third-order valence-electron chi connectivity index (χ3n) is 4.59. The van der Waals surface area contributed by atoms with Crippen LogP contribution in [0.1, 0.15) is 18.9 Å². The average Bonchev–Trinajstić information content (AvgIpc) is 3.33. The minimum absolute atomic E-state index is 0.106. The van der Waals surface area contributed by atoms with Gasteiger partial charge < -0.3 is 9.32 Å². The Kier molecular flexibility index (Phi) is 4.74. The van der Waals surface area contributed by atoms with E-state index < -0.39 is 0 Å². The Morgan fingerprint density at radius 3 is 2.60 bits per heavy atom. The zero-order valence-electron chi connectivity index (χ0n) is 13.9. The van der Waals surface area contributed by atoms with Crippen LogP contribution < -0.4 is 4.90 Å². The van der Waals surface area contributed by atoms with Gasteiger partial charge in [-0.3, -0.25) is 4.90 Å². The molecule has 130 valence electrons. The molecule has 4 rings (SSSR count). The molecule has 1 saturated heterocycles. The van der Waals surface area contributed by atoms with Crippen molar-refractivity contribution in [1.29, 1.82) is 0 Å². The van der Waals surface area contributed by atoms with Gasteiger partial charge >= 0.3 is 0 Å². The molecular formula is C18H19ClN4OS. The second kappa shape index (κ2) is 7.15. The van der Waals surface area contributed by atoms with Crippen LogP contribution in [0.25, 0.3) is 10.8 Å². The first-order chi connectivity index (χ1) is 12.2. The standard InChI is InChI=1S/C18H19ClN4OS/c1-13(17-20-21-18(24-17)16-7-4-12-25-16)22-8-10-23(11-9-22)15-6-3-2-5-14(15)19/h2-7,12-13H,8-11H2,1H3/t13-/m0/s1. The van der Waals surface area contributed by atoms with Crippen molar-refractivity contribution < 1.29 is 4.42 Å². The zero-order chi connectivity index (χ0) is 17.2. The molecule has 2 aromatic heterocycles. The van der Waals surface area contributed by atoms with Crippen molar-refractivity contribution in [3.05, 3.63) is 52.7 Å². The van der Waals surface area contributed by atoms with Gasteiger partial charge in [-0.15, -0.1) is 21.5 Å². The average molecular weight is 375 g/mol. The number of hydrogen-bond acceptors (Lipinski definition) is 6. The highest BCUT2D eigenvalue weighted by Gasteiger charge is 2.26. The van der Waals surface area contributed by atoms with Crippen LogP contribution in [0.5, 0.6) is 0 Å². The monoisotopic (exact) mass is 374 g/mol. The van der Waals surface area contributed by atoms with E-state index >= 15 is 0 Å². The number of benzene rings is 1. The summed E-state index contributed by atoms with van der Waals surface area (Å²) >= 11 is 7.92. The molecule has 1 fully saturated rings. The van der Waals surface area contributed by atoms with Gasteiger partial charge in [0, 0.05) is 26.2 Å². The fraction of sp³-hybridized carbons (Fsp3) is 0.333. The van der Waals surface area contributed by atoms with E-state index in [0.29, 0.717) is 11.8 Å². The van der Waals surface area contributed by atoms with Crippen molar-refractivity contribution in [3.8, 4) is 10.8 Å². The van der Waals surface area contributed by atoms with Gasteiger partial charge in [0.25, 0.3) is 5.89 Å². The molecule has 1 aliphatic heterocycles. The molecule has 1 aliphatic rings. The lowest BCUT2D eigenvalue weighted by Gasteiger charge is -2.38. The first kappa shape index (κ1) is 16.6. The number of piperazine rings is 1. The van der Waals surface area contributed by atoms with Crippen molar-refractivity contribution in [1.82, 2.24) is 15.1 Å². The van der Waals surface area contributed by atoms with Crippen LogP contribution in [0, 0.1) is 0 Å². The van der Waals surface area contributed by atoms with E-state index in [1.807, 2.05) is 35.7 Å². The second-order valence-electron chi connectivity index (χ2n) is 6.07. The SMILES string of the molecule is C[C@@H](c1nnc(-c2cccs2)o1)N1CCN(c2ccccc2Cl)CC1. The summed E-state index contributed by atoms with van der Waals surface area (Å²) in [6.45, 7) is 5.85. The van der Waals surface area contributed by atoms with E-state index in [4.69, 9.17) is 16.0 Å². The fourth-order valence-electron chi connectivity index (χ4n) is 3.12. The maximum absolute atomic E-state index is 6.32. The minimum Gasteiger partial charge on any atom is -0.418 e. The molecule has 1 atom stereocenters. The van der Waals surface area contributed by atoms with Gasteiger partial charge in [-0.1, -0.05) is 29.8 Å². The van der Waals surface area contributed by atoms with Gasteiger partial charge in [-0.2, -0.15) is 0 Å². The maximum Gasteiger partial charge on any atom is 0.257 e. The van der Waals surface area contributed by atoms with Crippen LogP contribution in [0.3, 0.4) is 0 Å². The van der Waals surface area contributed by atoms with Gasteiger partial charge in [0.1, 0.15) is 0 Å². The number of anilines is 1. The third kappa shape index (κ3) is 3.42. The number of nitrogens with zero attached hydrogens (tertiary/aromatic N) is 4. The van der Waals surface area contributed by atoms with Crippen molar-refractivity contribution in [2.45, 2.75) is 13.0 Å². The predicted molar refractivity (Wildman–Crippen MR) is 101 cm³/mol.